The number of carbonyl (C=O) groups is 1. The molecule has 0 saturated heterocycles. The van der Waals surface area contributed by atoms with E-state index < -0.39 is 0 Å². The maximum atomic E-state index is 11.3. The average Bonchev–Trinajstić information content (AvgIpc) is 2.22. The molecule has 0 aromatic carbocycles. The van der Waals surface area contributed by atoms with Crippen LogP contribution in [0.1, 0.15) is 25.3 Å². The van der Waals surface area contributed by atoms with E-state index in [9.17, 15) is 4.79 Å². The first-order chi connectivity index (χ1) is 8.02. The summed E-state index contributed by atoms with van der Waals surface area (Å²) < 4.78 is 1.06. The highest BCUT2D eigenvalue weighted by Crippen LogP contribution is 2.13. The molecule has 1 aromatic rings. The van der Waals surface area contributed by atoms with Crippen LogP contribution in [-0.4, -0.2) is 16.0 Å². The first-order valence-corrected chi connectivity index (χ1v) is 6.74. The van der Waals surface area contributed by atoms with Crippen LogP contribution < -0.4 is 10.6 Å². The highest BCUT2D eigenvalue weighted by Gasteiger charge is 2.06. The maximum absolute atomic E-state index is 11.3. The maximum Gasteiger partial charge on any atom is 0.226 e. The fraction of sp³-hybridized carbons (Fsp3) is 0.364. The summed E-state index contributed by atoms with van der Waals surface area (Å²) in [6.45, 7) is 3.88. The molecule has 4 nitrogen and oxygen atoms in total. The lowest BCUT2D eigenvalue weighted by molar-refractivity contribution is -0.119. The molecule has 92 valence electrons. The molecule has 0 atom stereocenters. The van der Waals surface area contributed by atoms with Gasteiger partial charge in [-0.15, -0.1) is 0 Å². The van der Waals surface area contributed by atoms with Gasteiger partial charge in [0.1, 0.15) is 5.82 Å². The minimum atomic E-state index is -0.0758. The van der Waals surface area contributed by atoms with E-state index in [1.807, 2.05) is 19.9 Å². The number of carbonyl (C=O) groups excluding carboxylic acids is 1. The predicted octanol–water partition coefficient (Wildman–Crippen LogP) is 2.61. The number of anilines is 1. The largest absolute Gasteiger partial charge is 0.317 e. The van der Waals surface area contributed by atoms with E-state index in [1.54, 1.807) is 6.20 Å². The van der Waals surface area contributed by atoms with Crippen LogP contribution in [0.3, 0.4) is 0 Å². The molecular formula is C11H14IN3OS. The van der Waals surface area contributed by atoms with Gasteiger partial charge in [-0.25, -0.2) is 4.98 Å². The average molecular weight is 363 g/mol. The Bertz CT molecular complexity index is 437. The van der Waals surface area contributed by atoms with Crippen LogP contribution in [0.25, 0.3) is 0 Å². The molecule has 0 spiro atoms. The first kappa shape index (κ1) is 14.3. The van der Waals surface area contributed by atoms with Gasteiger partial charge in [0, 0.05) is 16.2 Å². The molecule has 2 N–H and O–H groups in total. The van der Waals surface area contributed by atoms with Crippen molar-refractivity contribution in [3.63, 3.8) is 0 Å². The van der Waals surface area contributed by atoms with Gasteiger partial charge < -0.3 is 10.6 Å². The SMILES string of the molecule is CCCC(=O)NC(=S)Nc1ncc(I)cc1C. The fourth-order valence-corrected chi connectivity index (χ4v) is 2.04. The lowest BCUT2D eigenvalue weighted by Gasteiger charge is -2.10. The molecule has 0 fully saturated rings. The van der Waals surface area contributed by atoms with Crippen LogP contribution in [0.2, 0.25) is 0 Å². The molecule has 6 heteroatoms. The summed E-state index contributed by atoms with van der Waals surface area (Å²) in [7, 11) is 0. The van der Waals surface area contributed by atoms with Crippen molar-refractivity contribution in [2.24, 2.45) is 0 Å². The number of nitrogens with zero attached hydrogens (tertiary/aromatic N) is 1. The van der Waals surface area contributed by atoms with Gasteiger partial charge in [-0.2, -0.15) is 0 Å². The van der Waals surface area contributed by atoms with Gasteiger partial charge in [-0.1, -0.05) is 6.92 Å². The Labute approximate surface area is 120 Å². The normalized spacial score (nSPS) is 9.82. The van der Waals surface area contributed by atoms with Crippen molar-refractivity contribution in [2.45, 2.75) is 26.7 Å². The molecule has 1 rings (SSSR count). The summed E-state index contributed by atoms with van der Waals surface area (Å²) in [5, 5.41) is 5.81. The molecule has 1 heterocycles. The number of aromatic nitrogens is 1. The second-order valence-corrected chi connectivity index (χ2v) is 5.23. The van der Waals surface area contributed by atoms with Gasteiger partial charge in [0.15, 0.2) is 5.11 Å². The Morgan fingerprint density at radius 1 is 1.59 bits per heavy atom. The van der Waals surface area contributed by atoms with E-state index in [1.165, 1.54) is 0 Å². The molecule has 0 aliphatic carbocycles. The smallest absolute Gasteiger partial charge is 0.226 e. The highest BCUT2D eigenvalue weighted by molar-refractivity contribution is 14.1. The summed E-state index contributed by atoms with van der Waals surface area (Å²) in [6, 6.07) is 1.99. The van der Waals surface area contributed by atoms with Crippen LogP contribution in [0.15, 0.2) is 12.3 Å². The predicted molar refractivity (Wildman–Crippen MR) is 81.0 cm³/mol. The Balaban J connectivity index is 2.59. The number of rotatable bonds is 3. The third kappa shape index (κ3) is 4.95. The molecule has 0 aliphatic rings. The van der Waals surface area contributed by atoms with Gasteiger partial charge in [0.25, 0.3) is 0 Å². The number of aryl methyl sites for hydroxylation is 1. The Morgan fingerprint density at radius 2 is 2.29 bits per heavy atom. The minimum absolute atomic E-state index is 0.0758. The Hall–Kier alpha value is -0.760. The van der Waals surface area contributed by atoms with Gasteiger partial charge in [-0.3, -0.25) is 4.79 Å². The van der Waals surface area contributed by atoms with Crippen LogP contribution in [-0.2, 0) is 4.79 Å². The molecule has 1 amide bonds. The van der Waals surface area contributed by atoms with Crippen molar-refractivity contribution in [3.8, 4) is 0 Å². The summed E-state index contributed by atoms with van der Waals surface area (Å²) in [5.41, 5.74) is 0.990. The summed E-state index contributed by atoms with van der Waals surface area (Å²) in [5.74, 6) is 0.598. The Kier molecular flexibility index (Phi) is 5.76. The standard InChI is InChI=1S/C11H14IN3OS/c1-3-4-9(16)14-11(17)15-10-7(2)5-8(12)6-13-10/h5-6H,3-4H2,1-2H3,(H2,13,14,15,16,17). The summed E-state index contributed by atoms with van der Waals surface area (Å²) >= 11 is 7.23. The number of amides is 1. The van der Waals surface area contributed by atoms with Crippen molar-refractivity contribution in [2.75, 3.05) is 5.32 Å². The quantitative estimate of drug-likeness (QED) is 0.640. The van der Waals surface area contributed by atoms with E-state index in [-0.39, 0.29) is 5.91 Å². The monoisotopic (exact) mass is 363 g/mol. The van der Waals surface area contributed by atoms with E-state index in [4.69, 9.17) is 12.2 Å². The second-order valence-electron chi connectivity index (χ2n) is 3.57. The third-order valence-electron chi connectivity index (χ3n) is 2.01. The van der Waals surface area contributed by atoms with E-state index in [0.29, 0.717) is 17.4 Å². The molecular weight excluding hydrogens is 349 g/mol. The fourth-order valence-electron chi connectivity index (χ4n) is 1.23. The number of pyridine rings is 1. The molecule has 0 radical (unpaired) electrons. The van der Waals surface area contributed by atoms with Crippen molar-refractivity contribution < 1.29 is 4.79 Å². The van der Waals surface area contributed by atoms with Crippen LogP contribution in [0.4, 0.5) is 5.82 Å². The minimum Gasteiger partial charge on any atom is -0.317 e. The van der Waals surface area contributed by atoms with Gasteiger partial charge in [0.05, 0.1) is 0 Å². The van der Waals surface area contributed by atoms with Crippen LogP contribution >= 0.6 is 34.8 Å². The molecule has 0 saturated carbocycles. The molecule has 1 aromatic heterocycles. The molecule has 0 aliphatic heterocycles. The van der Waals surface area contributed by atoms with Crippen molar-refractivity contribution in [3.05, 3.63) is 21.4 Å². The summed E-state index contributed by atoms with van der Waals surface area (Å²) in [4.78, 5) is 15.5. The number of nitrogens with one attached hydrogen (secondary N) is 2. The number of hydrogen-bond acceptors (Lipinski definition) is 3. The molecule has 0 unspecified atom stereocenters. The van der Waals surface area contributed by atoms with Gasteiger partial charge in [-0.05, 0) is 59.8 Å². The highest BCUT2D eigenvalue weighted by atomic mass is 127. The summed E-state index contributed by atoms with van der Waals surface area (Å²) in [6.07, 6.45) is 3.02. The lowest BCUT2D eigenvalue weighted by Crippen LogP contribution is -2.34. The lowest BCUT2D eigenvalue weighted by atomic mass is 10.3. The number of thiocarbonyl (C=S) groups is 1. The van der Waals surface area contributed by atoms with Crippen molar-refractivity contribution in [1.82, 2.24) is 10.3 Å². The topological polar surface area (TPSA) is 54.0 Å². The number of hydrogen-bond donors (Lipinski definition) is 2. The van der Waals surface area contributed by atoms with Gasteiger partial charge >= 0.3 is 0 Å². The molecule has 0 bridgehead atoms. The zero-order valence-corrected chi connectivity index (χ0v) is 12.7. The first-order valence-electron chi connectivity index (χ1n) is 5.26. The van der Waals surface area contributed by atoms with Crippen LogP contribution in [0.5, 0.6) is 0 Å². The van der Waals surface area contributed by atoms with E-state index in [2.05, 4.69) is 38.2 Å². The molecule has 17 heavy (non-hydrogen) atoms. The van der Waals surface area contributed by atoms with Crippen molar-refractivity contribution >= 4 is 51.6 Å². The Morgan fingerprint density at radius 3 is 2.88 bits per heavy atom. The number of halogens is 1. The van der Waals surface area contributed by atoms with Crippen LogP contribution in [0, 0.1) is 10.5 Å². The van der Waals surface area contributed by atoms with Gasteiger partial charge in [0.2, 0.25) is 5.91 Å². The zero-order valence-electron chi connectivity index (χ0n) is 9.71. The van der Waals surface area contributed by atoms with E-state index in [0.717, 1.165) is 15.6 Å². The zero-order chi connectivity index (χ0) is 12.8. The third-order valence-corrected chi connectivity index (χ3v) is 2.80. The van der Waals surface area contributed by atoms with E-state index >= 15 is 0 Å². The van der Waals surface area contributed by atoms with Crippen molar-refractivity contribution in [1.29, 1.82) is 0 Å². The second kappa shape index (κ2) is 6.85.